The molecule has 1 atom stereocenters. The summed E-state index contributed by atoms with van der Waals surface area (Å²) in [6, 6.07) is 7.72. The van der Waals surface area contributed by atoms with E-state index in [2.05, 4.69) is 10.4 Å². The Morgan fingerprint density at radius 3 is 2.62 bits per heavy atom. The maximum atomic E-state index is 5.54. The second kappa shape index (κ2) is 4.78. The lowest BCUT2D eigenvalue weighted by molar-refractivity contribution is 0.413. The van der Waals surface area contributed by atoms with Crippen molar-refractivity contribution in [2.24, 2.45) is 5.84 Å². The molecule has 2 aromatic rings. The highest BCUT2D eigenvalue weighted by molar-refractivity contribution is 5.29. The minimum atomic E-state index is -0.117. The highest BCUT2D eigenvalue weighted by Crippen LogP contribution is 2.18. The number of hydrazine groups is 1. The first kappa shape index (κ1) is 10.7. The van der Waals surface area contributed by atoms with Gasteiger partial charge in [-0.3, -0.25) is 5.84 Å². The van der Waals surface area contributed by atoms with Crippen LogP contribution in [0.15, 0.2) is 43.0 Å². The largest absolute Gasteiger partial charge is 0.497 e. The molecule has 0 fully saturated rings. The van der Waals surface area contributed by atoms with Crippen LogP contribution in [0.3, 0.4) is 0 Å². The normalized spacial score (nSPS) is 12.4. The third kappa shape index (κ3) is 2.05. The fourth-order valence-corrected chi connectivity index (χ4v) is 1.56. The third-order valence-electron chi connectivity index (χ3n) is 2.41. The van der Waals surface area contributed by atoms with Crippen molar-refractivity contribution >= 4 is 0 Å². The molecule has 3 N–H and O–H groups in total. The number of rotatable bonds is 4. The van der Waals surface area contributed by atoms with E-state index in [1.165, 1.54) is 0 Å². The Hall–Kier alpha value is -1.85. The number of hydrogen-bond acceptors (Lipinski definition) is 4. The number of nitrogens with one attached hydrogen (secondary N) is 1. The van der Waals surface area contributed by atoms with Crippen LogP contribution in [0.1, 0.15) is 11.7 Å². The summed E-state index contributed by atoms with van der Waals surface area (Å²) < 4.78 is 6.99. The van der Waals surface area contributed by atoms with Crippen LogP contribution >= 0.6 is 0 Å². The predicted octanol–water partition coefficient (Wildman–Crippen LogP) is 0.902. The van der Waals surface area contributed by atoms with Crippen LogP contribution in [0.25, 0.3) is 0 Å². The van der Waals surface area contributed by atoms with Crippen LogP contribution in [-0.2, 0) is 0 Å². The van der Waals surface area contributed by atoms with Gasteiger partial charge in [-0.05, 0) is 17.7 Å². The molecule has 1 heterocycles. The number of nitrogens with two attached hydrogens (primary N) is 1. The summed E-state index contributed by atoms with van der Waals surface area (Å²) in [4.78, 5) is 3.99. The molecular weight excluding hydrogens is 204 g/mol. The SMILES string of the molecule is COc1ccc(C(NN)n2ccnc2)cc1. The van der Waals surface area contributed by atoms with Gasteiger partial charge in [-0.2, -0.15) is 0 Å². The molecule has 0 spiro atoms. The average molecular weight is 218 g/mol. The van der Waals surface area contributed by atoms with E-state index >= 15 is 0 Å². The van der Waals surface area contributed by atoms with Crippen molar-refractivity contribution in [2.45, 2.75) is 6.17 Å². The molecule has 2 rings (SSSR count). The molecular formula is C11H14N4O. The molecule has 1 unspecified atom stereocenters. The lowest BCUT2D eigenvalue weighted by Gasteiger charge is -2.17. The number of nitrogens with zero attached hydrogens (tertiary/aromatic N) is 2. The van der Waals surface area contributed by atoms with Gasteiger partial charge in [0.25, 0.3) is 0 Å². The zero-order valence-electron chi connectivity index (χ0n) is 9.00. The third-order valence-corrected chi connectivity index (χ3v) is 2.41. The van der Waals surface area contributed by atoms with Crippen LogP contribution in [0, 0.1) is 0 Å². The Bertz CT molecular complexity index is 424. The summed E-state index contributed by atoms with van der Waals surface area (Å²) in [5.74, 6) is 6.36. The minimum Gasteiger partial charge on any atom is -0.497 e. The van der Waals surface area contributed by atoms with Crippen LogP contribution < -0.4 is 16.0 Å². The van der Waals surface area contributed by atoms with Crippen LogP contribution in [0.2, 0.25) is 0 Å². The van der Waals surface area contributed by atoms with Gasteiger partial charge in [0.15, 0.2) is 0 Å². The number of hydrogen-bond donors (Lipinski definition) is 2. The van der Waals surface area contributed by atoms with Gasteiger partial charge in [-0.25, -0.2) is 10.4 Å². The van der Waals surface area contributed by atoms with Crippen molar-refractivity contribution in [2.75, 3.05) is 7.11 Å². The van der Waals surface area contributed by atoms with Gasteiger partial charge < -0.3 is 9.30 Å². The van der Waals surface area contributed by atoms with Crippen molar-refractivity contribution in [1.29, 1.82) is 0 Å². The molecule has 0 saturated heterocycles. The Balaban J connectivity index is 2.27. The van der Waals surface area contributed by atoms with Crippen LogP contribution in [0.4, 0.5) is 0 Å². The van der Waals surface area contributed by atoms with Gasteiger partial charge in [0.1, 0.15) is 11.9 Å². The van der Waals surface area contributed by atoms with Gasteiger partial charge in [0.2, 0.25) is 0 Å². The van der Waals surface area contributed by atoms with Crippen molar-refractivity contribution in [3.05, 3.63) is 48.5 Å². The topological polar surface area (TPSA) is 65.1 Å². The summed E-state index contributed by atoms with van der Waals surface area (Å²) in [6.07, 6.45) is 5.17. The van der Waals surface area contributed by atoms with E-state index in [1.807, 2.05) is 35.0 Å². The maximum absolute atomic E-state index is 5.54. The van der Waals surface area contributed by atoms with E-state index in [1.54, 1.807) is 19.6 Å². The fourth-order valence-electron chi connectivity index (χ4n) is 1.56. The highest BCUT2D eigenvalue weighted by atomic mass is 16.5. The summed E-state index contributed by atoms with van der Waals surface area (Å²) >= 11 is 0. The molecule has 5 nitrogen and oxygen atoms in total. The van der Waals surface area contributed by atoms with E-state index in [-0.39, 0.29) is 6.17 Å². The fraction of sp³-hybridized carbons (Fsp3) is 0.182. The molecule has 16 heavy (non-hydrogen) atoms. The van der Waals surface area contributed by atoms with Crippen LogP contribution in [0.5, 0.6) is 5.75 Å². The predicted molar refractivity (Wildman–Crippen MR) is 60.7 cm³/mol. The molecule has 0 radical (unpaired) electrons. The number of aromatic nitrogens is 2. The van der Waals surface area contributed by atoms with Gasteiger partial charge >= 0.3 is 0 Å². The van der Waals surface area contributed by atoms with E-state index in [0.29, 0.717) is 0 Å². The van der Waals surface area contributed by atoms with Gasteiger partial charge in [0.05, 0.1) is 13.4 Å². The van der Waals surface area contributed by atoms with Crippen molar-refractivity contribution in [3.63, 3.8) is 0 Å². The number of ether oxygens (including phenoxy) is 1. The monoisotopic (exact) mass is 218 g/mol. The molecule has 0 aliphatic rings. The number of benzene rings is 1. The maximum Gasteiger partial charge on any atom is 0.123 e. The molecule has 84 valence electrons. The van der Waals surface area contributed by atoms with Crippen molar-refractivity contribution in [3.8, 4) is 5.75 Å². The number of methoxy groups -OCH3 is 1. The molecule has 5 heteroatoms. The molecule has 0 saturated carbocycles. The lowest BCUT2D eigenvalue weighted by atomic mass is 10.1. The second-order valence-corrected chi connectivity index (χ2v) is 3.35. The Morgan fingerprint density at radius 1 is 1.38 bits per heavy atom. The molecule has 0 aliphatic carbocycles. The molecule has 0 bridgehead atoms. The summed E-state index contributed by atoms with van der Waals surface area (Å²) in [5.41, 5.74) is 3.78. The molecule has 1 aromatic carbocycles. The quantitative estimate of drug-likeness (QED) is 0.591. The average Bonchev–Trinajstić information content (AvgIpc) is 2.85. The lowest BCUT2D eigenvalue weighted by Crippen LogP contribution is -2.32. The Kier molecular flexibility index (Phi) is 3.19. The Morgan fingerprint density at radius 2 is 2.12 bits per heavy atom. The van der Waals surface area contributed by atoms with E-state index < -0.39 is 0 Å². The first-order valence-corrected chi connectivity index (χ1v) is 4.92. The second-order valence-electron chi connectivity index (χ2n) is 3.35. The molecule has 0 amide bonds. The standard InChI is InChI=1S/C11H14N4O/c1-16-10-4-2-9(3-5-10)11(14-12)15-7-6-13-8-15/h2-8,11,14H,12H2,1H3. The summed E-state index contributed by atoms with van der Waals surface area (Å²) in [7, 11) is 1.64. The molecule has 0 aliphatic heterocycles. The smallest absolute Gasteiger partial charge is 0.123 e. The molecule has 1 aromatic heterocycles. The van der Waals surface area contributed by atoms with Crippen molar-refractivity contribution in [1.82, 2.24) is 15.0 Å². The summed E-state index contributed by atoms with van der Waals surface area (Å²) in [5, 5.41) is 0. The Labute approximate surface area is 93.8 Å². The zero-order valence-corrected chi connectivity index (χ0v) is 9.00. The minimum absolute atomic E-state index is 0.117. The van der Waals surface area contributed by atoms with E-state index in [4.69, 9.17) is 10.6 Å². The first-order chi connectivity index (χ1) is 7.85. The van der Waals surface area contributed by atoms with Gasteiger partial charge in [0, 0.05) is 12.4 Å². The van der Waals surface area contributed by atoms with E-state index in [9.17, 15) is 0 Å². The van der Waals surface area contributed by atoms with Crippen LogP contribution in [-0.4, -0.2) is 16.7 Å². The van der Waals surface area contributed by atoms with Crippen molar-refractivity contribution < 1.29 is 4.74 Å². The van der Waals surface area contributed by atoms with E-state index in [0.717, 1.165) is 11.3 Å². The zero-order chi connectivity index (χ0) is 11.4. The number of imidazole rings is 1. The van der Waals surface area contributed by atoms with Gasteiger partial charge in [-0.1, -0.05) is 12.1 Å². The first-order valence-electron chi connectivity index (χ1n) is 4.92. The highest BCUT2D eigenvalue weighted by Gasteiger charge is 2.10. The van der Waals surface area contributed by atoms with Gasteiger partial charge in [-0.15, -0.1) is 0 Å². The summed E-state index contributed by atoms with van der Waals surface area (Å²) in [6.45, 7) is 0.